The quantitative estimate of drug-likeness (QED) is 0.641. The molecular weight excluding hydrogens is 212 g/mol. The molecule has 2 aromatic carbocycles. The molecule has 0 bridgehead atoms. The third-order valence-electron chi connectivity index (χ3n) is 2.50. The number of carbonyl (C=O) groups excluding carboxylic acids is 1. The summed E-state index contributed by atoms with van der Waals surface area (Å²) in [7, 11) is 0. The third-order valence-corrected chi connectivity index (χ3v) is 2.50. The number of amides is 1. The molecule has 2 N–H and O–H groups in total. The Morgan fingerprint density at radius 3 is 2.24 bits per heavy atom. The second-order valence-corrected chi connectivity index (χ2v) is 3.75. The van der Waals surface area contributed by atoms with Gasteiger partial charge in [-0.15, -0.1) is 0 Å². The van der Waals surface area contributed by atoms with E-state index in [-0.39, 0.29) is 0 Å². The number of nitrogen functional groups attached to an aromatic ring is 1. The first-order chi connectivity index (χ1) is 8.29. The Kier molecular flexibility index (Phi) is 3.40. The van der Waals surface area contributed by atoms with Gasteiger partial charge in [-0.1, -0.05) is 30.3 Å². The fraction of sp³-hybridized carbons (Fsp3) is 0.0714. The van der Waals surface area contributed by atoms with E-state index in [0.717, 1.165) is 11.3 Å². The largest absolute Gasteiger partial charge is 0.399 e. The van der Waals surface area contributed by atoms with Crippen molar-refractivity contribution in [2.24, 2.45) is 0 Å². The minimum atomic E-state index is 0.508. The van der Waals surface area contributed by atoms with Gasteiger partial charge in [0.2, 0.25) is 0 Å². The van der Waals surface area contributed by atoms with E-state index in [2.05, 4.69) is 0 Å². The summed E-state index contributed by atoms with van der Waals surface area (Å²) in [6.07, 6.45) is 1.93. The molecule has 85 valence electrons. The molecule has 0 heterocycles. The number of rotatable bonds is 4. The lowest BCUT2D eigenvalue weighted by Crippen LogP contribution is -2.20. The van der Waals surface area contributed by atoms with E-state index in [1.54, 1.807) is 12.1 Å². The summed E-state index contributed by atoms with van der Waals surface area (Å²) in [5.74, 6) is 0. The van der Waals surface area contributed by atoms with E-state index in [0.29, 0.717) is 12.2 Å². The smallest absolute Gasteiger partial charge is 0.317 e. The lowest BCUT2D eigenvalue weighted by atomic mass is 10.2. The molecule has 0 aliphatic rings. The number of benzene rings is 2. The maximum absolute atomic E-state index is 11.0. The van der Waals surface area contributed by atoms with E-state index < -0.39 is 0 Å². The molecule has 0 atom stereocenters. The van der Waals surface area contributed by atoms with E-state index in [1.807, 2.05) is 48.9 Å². The average Bonchev–Trinajstić information content (AvgIpc) is 2.38. The zero-order chi connectivity index (χ0) is 12.1. The minimum Gasteiger partial charge on any atom is -0.399 e. The molecule has 0 saturated heterocycles. The summed E-state index contributed by atoms with van der Waals surface area (Å²) in [6.45, 7) is 0.508. The Hall–Kier alpha value is -2.29. The molecule has 0 fully saturated rings. The summed E-state index contributed by atoms with van der Waals surface area (Å²) in [5.41, 5.74) is 8.14. The van der Waals surface area contributed by atoms with Gasteiger partial charge in [-0.2, -0.15) is 0 Å². The van der Waals surface area contributed by atoms with Gasteiger partial charge in [0.15, 0.2) is 0 Å². The lowest BCUT2D eigenvalue weighted by Gasteiger charge is -2.16. The Morgan fingerprint density at radius 1 is 1.00 bits per heavy atom. The van der Waals surface area contributed by atoms with Crippen molar-refractivity contribution in [3.05, 3.63) is 60.2 Å². The van der Waals surface area contributed by atoms with E-state index in [4.69, 9.17) is 5.73 Å². The molecule has 3 nitrogen and oxygen atoms in total. The van der Waals surface area contributed by atoms with Crippen molar-refractivity contribution in [2.45, 2.75) is 6.54 Å². The predicted octanol–water partition coefficient (Wildman–Crippen LogP) is 2.34. The molecule has 0 aliphatic carbocycles. The van der Waals surface area contributed by atoms with Gasteiger partial charge in [0, 0.05) is 11.4 Å². The summed E-state index contributed by atoms with van der Waals surface area (Å²) in [6, 6.07) is 16.9. The zero-order valence-corrected chi connectivity index (χ0v) is 9.34. The normalized spacial score (nSPS) is 9.88. The van der Waals surface area contributed by atoms with Crippen LogP contribution in [0.3, 0.4) is 0 Å². The van der Waals surface area contributed by atoms with Crippen LogP contribution in [0, 0.1) is 0 Å². The highest BCUT2D eigenvalue weighted by Gasteiger charge is 2.06. The number of anilines is 2. The van der Waals surface area contributed by atoms with Crippen LogP contribution >= 0.6 is 0 Å². The van der Waals surface area contributed by atoms with Crippen LogP contribution in [-0.2, 0) is 11.3 Å². The second kappa shape index (κ2) is 5.16. The highest BCUT2D eigenvalue weighted by Crippen LogP contribution is 2.17. The molecular formula is C14H13N2O. The lowest BCUT2D eigenvalue weighted by molar-refractivity contribution is 0.551. The summed E-state index contributed by atoms with van der Waals surface area (Å²) < 4.78 is 0. The van der Waals surface area contributed by atoms with Crippen molar-refractivity contribution < 1.29 is 4.79 Å². The predicted molar refractivity (Wildman–Crippen MR) is 69.2 cm³/mol. The third kappa shape index (κ3) is 2.84. The van der Waals surface area contributed by atoms with Gasteiger partial charge in [0.1, 0.15) is 0 Å². The van der Waals surface area contributed by atoms with Gasteiger partial charge in [0.05, 0.1) is 6.54 Å². The van der Waals surface area contributed by atoms with Gasteiger partial charge in [-0.05, 0) is 29.8 Å². The monoisotopic (exact) mass is 225 g/mol. The SMILES string of the molecule is Nc1ccc(N([C]=O)Cc2ccccc2)cc1. The van der Waals surface area contributed by atoms with Crippen LogP contribution in [0.1, 0.15) is 5.56 Å². The van der Waals surface area contributed by atoms with Gasteiger partial charge >= 0.3 is 6.41 Å². The minimum absolute atomic E-state index is 0.508. The van der Waals surface area contributed by atoms with Crippen LogP contribution in [0.5, 0.6) is 0 Å². The van der Waals surface area contributed by atoms with Gasteiger partial charge in [-0.3, -0.25) is 9.69 Å². The van der Waals surface area contributed by atoms with Crippen molar-refractivity contribution in [1.29, 1.82) is 0 Å². The van der Waals surface area contributed by atoms with Crippen LogP contribution < -0.4 is 10.6 Å². The van der Waals surface area contributed by atoms with Crippen LogP contribution in [0.15, 0.2) is 54.6 Å². The number of nitrogens with zero attached hydrogens (tertiary/aromatic N) is 1. The summed E-state index contributed by atoms with van der Waals surface area (Å²) in [5, 5.41) is 0. The first-order valence-corrected chi connectivity index (χ1v) is 5.34. The summed E-state index contributed by atoms with van der Waals surface area (Å²) >= 11 is 0. The fourth-order valence-electron chi connectivity index (χ4n) is 1.60. The standard InChI is InChI=1S/C14H13N2O/c15-13-6-8-14(9-7-13)16(11-17)10-12-4-2-1-3-5-12/h1-9H,10,15H2. The van der Waals surface area contributed by atoms with E-state index in [9.17, 15) is 4.79 Å². The van der Waals surface area contributed by atoms with E-state index >= 15 is 0 Å². The van der Waals surface area contributed by atoms with Crippen LogP contribution in [0.2, 0.25) is 0 Å². The van der Waals surface area contributed by atoms with Crippen LogP contribution in [-0.4, -0.2) is 6.41 Å². The number of nitrogens with two attached hydrogens (primary N) is 1. The molecule has 0 aromatic heterocycles. The molecule has 2 aromatic rings. The van der Waals surface area contributed by atoms with E-state index in [1.165, 1.54) is 4.90 Å². The van der Waals surface area contributed by atoms with Crippen molar-refractivity contribution in [3.63, 3.8) is 0 Å². The highest BCUT2D eigenvalue weighted by atomic mass is 16.1. The Bertz CT molecular complexity index is 479. The maximum Gasteiger partial charge on any atom is 0.317 e. The van der Waals surface area contributed by atoms with Crippen molar-refractivity contribution in [3.8, 4) is 0 Å². The number of hydrogen-bond acceptors (Lipinski definition) is 2. The Balaban J connectivity index is 2.17. The van der Waals surface area contributed by atoms with Gasteiger partial charge in [0.25, 0.3) is 0 Å². The molecule has 3 heteroatoms. The van der Waals surface area contributed by atoms with Crippen LogP contribution in [0.4, 0.5) is 11.4 Å². The fourth-order valence-corrected chi connectivity index (χ4v) is 1.60. The molecule has 1 radical (unpaired) electrons. The molecule has 0 saturated carbocycles. The van der Waals surface area contributed by atoms with Gasteiger partial charge in [-0.25, -0.2) is 0 Å². The molecule has 0 aliphatic heterocycles. The Labute approximate surface area is 100 Å². The zero-order valence-electron chi connectivity index (χ0n) is 9.34. The average molecular weight is 225 g/mol. The van der Waals surface area contributed by atoms with Gasteiger partial charge < -0.3 is 5.73 Å². The molecule has 2 rings (SSSR count). The van der Waals surface area contributed by atoms with Crippen LogP contribution in [0.25, 0.3) is 0 Å². The topological polar surface area (TPSA) is 46.3 Å². The molecule has 0 spiro atoms. The van der Waals surface area contributed by atoms with Crippen molar-refractivity contribution >= 4 is 17.8 Å². The molecule has 17 heavy (non-hydrogen) atoms. The summed E-state index contributed by atoms with van der Waals surface area (Å²) in [4.78, 5) is 12.5. The first-order valence-electron chi connectivity index (χ1n) is 5.34. The van der Waals surface area contributed by atoms with Crippen molar-refractivity contribution in [2.75, 3.05) is 10.6 Å². The van der Waals surface area contributed by atoms with Crippen molar-refractivity contribution in [1.82, 2.24) is 0 Å². The highest BCUT2D eigenvalue weighted by molar-refractivity contribution is 5.76. The second-order valence-electron chi connectivity index (χ2n) is 3.75. The first kappa shape index (κ1) is 11.2. The number of hydrogen-bond donors (Lipinski definition) is 1. The Morgan fingerprint density at radius 2 is 1.65 bits per heavy atom. The maximum atomic E-state index is 11.0. The molecule has 1 amide bonds. The molecule has 0 unspecified atom stereocenters.